The standard InChI is InChI=1S/C20H29N3O4/c1-13-6-4-5-7-16(13)22-20(25)21-14-10-19(24)23(12-14)15-8-9-17(26-2)18(11-15)27-3/h8-9,11,13-14,16H,4-7,10,12H2,1-3H3,(H2,21,22,25)/t13-,14-,16+/m1/s1. The van der Waals surface area contributed by atoms with E-state index in [-0.39, 0.29) is 24.0 Å². The van der Waals surface area contributed by atoms with Gasteiger partial charge in [0.1, 0.15) is 0 Å². The third kappa shape index (κ3) is 4.46. The van der Waals surface area contributed by atoms with Gasteiger partial charge < -0.3 is 25.0 Å². The summed E-state index contributed by atoms with van der Waals surface area (Å²) in [4.78, 5) is 26.5. The number of ether oxygens (including phenoxy) is 2. The van der Waals surface area contributed by atoms with Crippen LogP contribution in [0.3, 0.4) is 0 Å². The van der Waals surface area contributed by atoms with Crippen molar-refractivity contribution in [3.8, 4) is 11.5 Å². The average molecular weight is 375 g/mol. The molecule has 1 aliphatic carbocycles. The van der Waals surface area contributed by atoms with E-state index in [0.717, 1.165) is 24.9 Å². The lowest BCUT2D eigenvalue weighted by atomic mass is 9.86. The molecule has 7 nitrogen and oxygen atoms in total. The SMILES string of the molecule is COc1ccc(N2C[C@H](NC(=O)N[C@H]3CCCC[C@H]3C)CC2=O)cc1OC. The summed E-state index contributed by atoms with van der Waals surface area (Å²) in [6.07, 6.45) is 4.86. The van der Waals surface area contributed by atoms with Gasteiger partial charge in [-0.2, -0.15) is 0 Å². The molecule has 27 heavy (non-hydrogen) atoms. The second-order valence-corrected chi connectivity index (χ2v) is 7.43. The van der Waals surface area contributed by atoms with E-state index in [0.29, 0.717) is 30.4 Å². The fourth-order valence-corrected chi connectivity index (χ4v) is 3.97. The van der Waals surface area contributed by atoms with Gasteiger partial charge in [-0.05, 0) is 30.9 Å². The van der Waals surface area contributed by atoms with E-state index in [2.05, 4.69) is 17.6 Å². The van der Waals surface area contributed by atoms with Crippen molar-refractivity contribution in [3.05, 3.63) is 18.2 Å². The van der Waals surface area contributed by atoms with Crippen molar-refractivity contribution in [2.75, 3.05) is 25.7 Å². The van der Waals surface area contributed by atoms with E-state index in [9.17, 15) is 9.59 Å². The van der Waals surface area contributed by atoms with Crippen LogP contribution >= 0.6 is 0 Å². The molecule has 0 spiro atoms. The van der Waals surface area contributed by atoms with Gasteiger partial charge in [-0.1, -0.05) is 19.8 Å². The summed E-state index contributed by atoms with van der Waals surface area (Å²) >= 11 is 0. The monoisotopic (exact) mass is 375 g/mol. The molecule has 2 fully saturated rings. The molecule has 0 radical (unpaired) electrons. The van der Waals surface area contributed by atoms with Crippen LogP contribution in [0, 0.1) is 5.92 Å². The number of nitrogens with one attached hydrogen (secondary N) is 2. The maximum atomic E-state index is 12.4. The zero-order valence-corrected chi connectivity index (χ0v) is 16.3. The summed E-state index contributed by atoms with van der Waals surface area (Å²) in [5, 5.41) is 6.04. The van der Waals surface area contributed by atoms with E-state index in [1.807, 2.05) is 6.07 Å². The summed E-state index contributed by atoms with van der Waals surface area (Å²) in [5.74, 6) is 1.67. The van der Waals surface area contributed by atoms with Crippen LogP contribution in [0.2, 0.25) is 0 Å². The third-order valence-electron chi connectivity index (χ3n) is 5.57. The van der Waals surface area contributed by atoms with Crippen LogP contribution in [0.25, 0.3) is 0 Å². The first-order chi connectivity index (χ1) is 13.0. The molecule has 2 N–H and O–H groups in total. The predicted octanol–water partition coefficient (Wildman–Crippen LogP) is 2.69. The quantitative estimate of drug-likeness (QED) is 0.829. The Morgan fingerprint density at radius 3 is 2.56 bits per heavy atom. The number of hydrogen-bond donors (Lipinski definition) is 2. The summed E-state index contributed by atoms with van der Waals surface area (Å²) < 4.78 is 10.6. The predicted molar refractivity (Wildman–Crippen MR) is 103 cm³/mol. The highest BCUT2D eigenvalue weighted by Gasteiger charge is 2.33. The van der Waals surface area contributed by atoms with Gasteiger partial charge in [-0.3, -0.25) is 4.79 Å². The molecule has 3 rings (SSSR count). The fraction of sp³-hybridized carbons (Fsp3) is 0.600. The molecule has 2 aliphatic rings. The summed E-state index contributed by atoms with van der Waals surface area (Å²) in [5.41, 5.74) is 0.739. The largest absolute Gasteiger partial charge is 0.493 e. The molecule has 1 saturated carbocycles. The molecule has 3 amide bonds. The second kappa shape index (κ2) is 8.50. The zero-order valence-electron chi connectivity index (χ0n) is 16.3. The Labute approximate surface area is 160 Å². The van der Waals surface area contributed by atoms with E-state index in [1.54, 1.807) is 31.3 Å². The normalized spacial score (nSPS) is 25.2. The van der Waals surface area contributed by atoms with Crippen molar-refractivity contribution in [3.63, 3.8) is 0 Å². The van der Waals surface area contributed by atoms with Gasteiger partial charge in [0, 0.05) is 30.8 Å². The molecule has 148 valence electrons. The number of hydrogen-bond acceptors (Lipinski definition) is 4. The molecule has 0 bridgehead atoms. The van der Waals surface area contributed by atoms with Gasteiger partial charge in [0.15, 0.2) is 11.5 Å². The minimum absolute atomic E-state index is 0.0152. The number of rotatable bonds is 5. The van der Waals surface area contributed by atoms with Crippen LogP contribution in [-0.4, -0.2) is 44.8 Å². The highest BCUT2D eigenvalue weighted by atomic mass is 16.5. The molecule has 1 aromatic carbocycles. The molecule has 0 unspecified atom stereocenters. The van der Waals surface area contributed by atoms with Crippen LogP contribution < -0.4 is 25.0 Å². The van der Waals surface area contributed by atoms with E-state index in [4.69, 9.17) is 9.47 Å². The van der Waals surface area contributed by atoms with Crippen molar-refractivity contribution in [1.82, 2.24) is 10.6 Å². The molecular weight excluding hydrogens is 346 g/mol. The minimum atomic E-state index is -0.204. The second-order valence-electron chi connectivity index (χ2n) is 7.43. The number of nitrogens with zero attached hydrogens (tertiary/aromatic N) is 1. The van der Waals surface area contributed by atoms with Gasteiger partial charge in [0.25, 0.3) is 0 Å². The van der Waals surface area contributed by atoms with Crippen molar-refractivity contribution >= 4 is 17.6 Å². The first-order valence-electron chi connectivity index (χ1n) is 9.61. The summed E-state index contributed by atoms with van der Waals surface area (Å²) in [6.45, 7) is 2.63. The number of anilines is 1. The highest BCUT2D eigenvalue weighted by molar-refractivity contribution is 5.97. The Morgan fingerprint density at radius 2 is 1.85 bits per heavy atom. The molecule has 1 aliphatic heterocycles. The average Bonchev–Trinajstić information content (AvgIpc) is 3.03. The van der Waals surface area contributed by atoms with E-state index in [1.165, 1.54) is 6.42 Å². The highest BCUT2D eigenvalue weighted by Crippen LogP contribution is 2.33. The number of carbonyl (C=O) groups is 2. The molecule has 1 saturated heterocycles. The topological polar surface area (TPSA) is 79.9 Å². The number of amides is 3. The third-order valence-corrected chi connectivity index (χ3v) is 5.57. The maximum Gasteiger partial charge on any atom is 0.315 e. The summed E-state index contributed by atoms with van der Waals surface area (Å²) in [7, 11) is 3.14. The van der Waals surface area contributed by atoms with Crippen LogP contribution in [0.1, 0.15) is 39.0 Å². The lowest BCUT2D eigenvalue weighted by molar-refractivity contribution is -0.117. The molecule has 0 aromatic heterocycles. The van der Waals surface area contributed by atoms with Gasteiger partial charge in [-0.25, -0.2) is 4.79 Å². The Morgan fingerprint density at radius 1 is 1.11 bits per heavy atom. The van der Waals surface area contributed by atoms with Gasteiger partial charge in [0.05, 0.1) is 20.3 Å². The number of urea groups is 1. The first-order valence-corrected chi connectivity index (χ1v) is 9.61. The van der Waals surface area contributed by atoms with Crippen LogP contribution in [0.5, 0.6) is 11.5 Å². The van der Waals surface area contributed by atoms with Crippen molar-refractivity contribution in [1.29, 1.82) is 0 Å². The Bertz CT molecular complexity index is 694. The molecule has 3 atom stereocenters. The molecule has 1 aromatic rings. The lowest BCUT2D eigenvalue weighted by Crippen LogP contribution is -2.49. The molecule has 1 heterocycles. The lowest BCUT2D eigenvalue weighted by Gasteiger charge is -2.30. The maximum absolute atomic E-state index is 12.4. The van der Waals surface area contributed by atoms with Crippen LogP contribution in [-0.2, 0) is 4.79 Å². The molecule has 7 heteroatoms. The van der Waals surface area contributed by atoms with Gasteiger partial charge >= 0.3 is 6.03 Å². The number of benzene rings is 1. The Kier molecular flexibility index (Phi) is 6.08. The van der Waals surface area contributed by atoms with Crippen LogP contribution in [0.15, 0.2) is 18.2 Å². The molecular formula is C20H29N3O4. The zero-order chi connectivity index (χ0) is 19.4. The van der Waals surface area contributed by atoms with E-state index >= 15 is 0 Å². The van der Waals surface area contributed by atoms with Crippen LogP contribution in [0.4, 0.5) is 10.5 Å². The minimum Gasteiger partial charge on any atom is -0.493 e. The first kappa shape index (κ1) is 19.3. The Hall–Kier alpha value is -2.44. The number of methoxy groups -OCH3 is 2. The van der Waals surface area contributed by atoms with E-state index < -0.39 is 0 Å². The van der Waals surface area contributed by atoms with Crippen molar-refractivity contribution in [2.24, 2.45) is 5.92 Å². The fourth-order valence-electron chi connectivity index (χ4n) is 3.97. The van der Waals surface area contributed by atoms with Gasteiger partial charge in [0.2, 0.25) is 5.91 Å². The summed E-state index contributed by atoms with van der Waals surface area (Å²) in [6, 6.07) is 5.22. The number of carbonyl (C=O) groups excluding carboxylic acids is 2. The van der Waals surface area contributed by atoms with Gasteiger partial charge in [-0.15, -0.1) is 0 Å². The van der Waals surface area contributed by atoms with Crippen molar-refractivity contribution in [2.45, 2.75) is 51.1 Å². The smallest absolute Gasteiger partial charge is 0.315 e. The Balaban J connectivity index is 1.59. The van der Waals surface area contributed by atoms with Crippen molar-refractivity contribution < 1.29 is 19.1 Å².